The molecule has 3 aromatic rings. The summed E-state index contributed by atoms with van der Waals surface area (Å²) in [5.41, 5.74) is 1.50. The Labute approximate surface area is 217 Å². The maximum atomic E-state index is 13.0. The molecule has 2 aromatic carbocycles. The summed E-state index contributed by atoms with van der Waals surface area (Å²) in [5.74, 6) is 3.53. The molecule has 2 atom stereocenters. The van der Waals surface area contributed by atoms with Crippen molar-refractivity contribution in [2.45, 2.75) is 37.8 Å². The van der Waals surface area contributed by atoms with Crippen molar-refractivity contribution in [2.24, 2.45) is 5.84 Å². The number of nitrogens with two attached hydrogens (primary N) is 1. The van der Waals surface area contributed by atoms with E-state index < -0.39 is 48.9 Å². The van der Waals surface area contributed by atoms with Gasteiger partial charge >= 0.3 is 11.9 Å². The Morgan fingerprint density at radius 1 is 1.08 bits per heavy atom. The molecule has 0 aliphatic carbocycles. The van der Waals surface area contributed by atoms with Crippen LogP contribution < -0.4 is 22.3 Å². The Kier molecular flexibility index (Phi) is 8.97. The van der Waals surface area contributed by atoms with Crippen molar-refractivity contribution >= 4 is 35.0 Å². The highest BCUT2D eigenvalue weighted by Crippen LogP contribution is 2.26. The van der Waals surface area contributed by atoms with Crippen molar-refractivity contribution in [1.82, 2.24) is 25.1 Å². The summed E-state index contributed by atoms with van der Waals surface area (Å²) in [5, 5.41) is 16.7. The second-order valence-corrected chi connectivity index (χ2v) is 8.70. The molecule has 1 heterocycles. The maximum absolute atomic E-state index is 13.0. The van der Waals surface area contributed by atoms with Gasteiger partial charge in [0.25, 0.3) is 0 Å². The van der Waals surface area contributed by atoms with E-state index in [1.165, 1.54) is 24.3 Å². The van der Waals surface area contributed by atoms with E-state index in [4.69, 9.17) is 29.0 Å². The number of aromatic nitrogens is 3. The third kappa shape index (κ3) is 7.10. The monoisotopic (exact) mass is 560 g/mol. The van der Waals surface area contributed by atoms with Crippen molar-refractivity contribution in [3.63, 3.8) is 0 Å². The first-order chi connectivity index (χ1) is 17.4. The van der Waals surface area contributed by atoms with Crippen LogP contribution in [0.25, 0.3) is 11.4 Å². The van der Waals surface area contributed by atoms with Crippen LogP contribution in [0.2, 0.25) is 10.0 Å². The molecule has 0 aliphatic heterocycles. The number of benzene rings is 2. The molecular weight excluding hydrogens is 540 g/mol. The number of hydrazine groups is 1. The summed E-state index contributed by atoms with van der Waals surface area (Å²) < 4.78 is 40.3. The van der Waals surface area contributed by atoms with Gasteiger partial charge in [-0.2, -0.15) is 13.2 Å². The summed E-state index contributed by atoms with van der Waals surface area (Å²) in [6.45, 7) is -1.86. The molecule has 198 valence electrons. The van der Waals surface area contributed by atoms with E-state index in [9.17, 15) is 32.7 Å². The molecule has 0 radical (unpaired) electrons. The molecule has 1 aromatic heterocycles. The molecule has 10 nitrogen and oxygen atoms in total. The standard InChI is InChI=1S/C22H21Cl2F3N6O4/c23-13-7-5-12(6-8-13)20-31-33(21(37)32(20)10-17(34)22(25,26)27)11-19(36)29-16(9-18(35)30-28)14-3-1-2-4-15(14)24/h1-8,16-17,34H,9-11,28H2,(H,29,36)(H,30,35)/t16?,17-/m0/s1. The Morgan fingerprint density at radius 2 is 1.73 bits per heavy atom. The fourth-order valence-electron chi connectivity index (χ4n) is 3.41. The molecule has 1 unspecified atom stereocenters. The van der Waals surface area contributed by atoms with E-state index in [2.05, 4.69) is 10.4 Å². The Bertz CT molecular complexity index is 1330. The van der Waals surface area contributed by atoms with Gasteiger partial charge in [0.2, 0.25) is 11.8 Å². The molecule has 0 saturated heterocycles. The number of amides is 2. The molecule has 2 amide bonds. The highest BCUT2D eigenvalue weighted by atomic mass is 35.5. The van der Waals surface area contributed by atoms with Crippen LogP contribution in [0.3, 0.4) is 0 Å². The molecule has 5 N–H and O–H groups in total. The van der Waals surface area contributed by atoms with E-state index in [0.717, 1.165) is 0 Å². The van der Waals surface area contributed by atoms with E-state index in [1.54, 1.807) is 24.3 Å². The van der Waals surface area contributed by atoms with E-state index in [1.807, 2.05) is 5.43 Å². The topological polar surface area (TPSA) is 144 Å². The highest BCUT2D eigenvalue weighted by molar-refractivity contribution is 6.31. The first-order valence-corrected chi connectivity index (χ1v) is 11.4. The zero-order valence-electron chi connectivity index (χ0n) is 18.9. The molecule has 0 fully saturated rings. The van der Waals surface area contributed by atoms with Crippen molar-refractivity contribution in [2.75, 3.05) is 0 Å². The van der Waals surface area contributed by atoms with Gasteiger partial charge in [-0.25, -0.2) is 15.3 Å². The molecule has 0 spiro atoms. The quantitative estimate of drug-likeness (QED) is 0.179. The number of hydrogen-bond acceptors (Lipinski definition) is 6. The number of nitrogens with one attached hydrogen (secondary N) is 2. The van der Waals surface area contributed by atoms with Gasteiger partial charge in [0, 0.05) is 15.6 Å². The lowest BCUT2D eigenvalue weighted by atomic mass is 10.0. The van der Waals surface area contributed by atoms with Crippen LogP contribution in [-0.4, -0.2) is 43.5 Å². The Morgan fingerprint density at radius 3 is 2.32 bits per heavy atom. The lowest BCUT2D eigenvalue weighted by molar-refractivity contribution is -0.207. The Balaban J connectivity index is 1.93. The van der Waals surface area contributed by atoms with Gasteiger partial charge in [0.1, 0.15) is 6.54 Å². The van der Waals surface area contributed by atoms with Crippen LogP contribution in [0.15, 0.2) is 53.3 Å². The van der Waals surface area contributed by atoms with Gasteiger partial charge in [0.05, 0.1) is 19.0 Å². The number of rotatable bonds is 9. The lowest BCUT2D eigenvalue weighted by Gasteiger charge is -2.19. The average Bonchev–Trinajstić information content (AvgIpc) is 3.13. The summed E-state index contributed by atoms with van der Waals surface area (Å²) in [4.78, 5) is 37.7. The molecule has 15 heteroatoms. The minimum atomic E-state index is -5.00. The molecule has 0 aliphatic rings. The summed E-state index contributed by atoms with van der Waals surface area (Å²) >= 11 is 12.1. The number of nitrogens with zero attached hydrogens (tertiary/aromatic N) is 3. The summed E-state index contributed by atoms with van der Waals surface area (Å²) in [7, 11) is 0. The lowest BCUT2D eigenvalue weighted by Crippen LogP contribution is -2.40. The second-order valence-electron chi connectivity index (χ2n) is 7.85. The zero-order valence-corrected chi connectivity index (χ0v) is 20.4. The first-order valence-electron chi connectivity index (χ1n) is 10.6. The molecule has 0 saturated carbocycles. The number of aliphatic hydroxyl groups excluding tert-OH is 1. The van der Waals surface area contributed by atoms with Crippen LogP contribution in [-0.2, 0) is 22.7 Å². The van der Waals surface area contributed by atoms with Crippen molar-refractivity contribution in [1.29, 1.82) is 0 Å². The van der Waals surface area contributed by atoms with Crippen LogP contribution in [0.1, 0.15) is 18.0 Å². The largest absolute Gasteiger partial charge is 0.416 e. The normalized spacial score (nSPS) is 13.2. The molecule has 0 bridgehead atoms. The maximum Gasteiger partial charge on any atom is 0.416 e. The van der Waals surface area contributed by atoms with Gasteiger partial charge < -0.3 is 10.4 Å². The first kappa shape index (κ1) is 28.2. The van der Waals surface area contributed by atoms with Crippen LogP contribution in [0.5, 0.6) is 0 Å². The van der Waals surface area contributed by atoms with Crippen LogP contribution in [0, 0.1) is 0 Å². The molecule has 3 rings (SSSR count). The third-order valence-electron chi connectivity index (χ3n) is 5.22. The SMILES string of the molecule is NNC(=O)CC(NC(=O)Cn1nc(-c2ccc(Cl)cc2)n(C[C@H](O)C(F)(F)F)c1=O)c1ccccc1Cl. The van der Waals surface area contributed by atoms with E-state index in [0.29, 0.717) is 19.8 Å². The number of hydrogen-bond donors (Lipinski definition) is 4. The minimum Gasteiger partial charge on any atom is -0.382 e. The Hall–Kier alpha value is -3.39. The van der Waals surface area contributed by atoms with E-state index in [-0.39, 0.29) is 22.8 Å². The second kappa shape index (κ2) is 11.8. The summed E-state index contributed by atoms with van der Waals surface area (Å²) in [6.07, 6.45) is -8.15. The van der Waals surface area contributed by atoms with Gasteiger partial charge in [-0.15, -0.1) is 5.10 Å². The van der Waals surface area contributed by atoms with Gasteiger partial charge in [-0.1, -0.05) is 41.4 Å². The fraction of sp³-hybridized carbons (Fsp3) is 0.273. The third-order valence-corrected chi connectivity index (χ3v) is 5.81. The smallest absolute Gasteiger partial charge is 0.382 e. The predicted molar refractivity (Wildman–Crippen MR) is 128 cm³/mol. The number of carbonyl (C=O) groups excluding carboxylic acids is 2. The predicted octanol–water partition coefficient (Wildman–Crippen LogP) is 2.18. The van der Waals surface area contributed by atoms with Crippen LogP contribution >= 0.6 is 23.2 Å². The van der Waals surface area contributed by atoms with Gasteiger partial charge in [0.15, 0.2) is 11.9 Å². The van der Waals surface area contributed by atoms with E-state index >= 15 is 0 Å². The number of carbonyl (C=O) groups is 2. The fourth-order valence-corrected chi connectivity index (χ4v) is 3.81. The number of halogens is 5. The highest BCUT2D eigenvalue weighted by Gasteiger charge is 2.39. The minimum absolute atomic E-state index is 0.220. The zero-order chi connectivity index (χ0) is 27.3. The van der Waals surface area contributed by atoms with Crippen LogP contribution in [0.4, 0.5) is 13.2 Å². The molecular formula is C22H21Cl2F3N6O4. The van der Waals surface area contributed by atoms with Gasteiger partial charge in [-0.05, 0) is 35.9 Å². The summed E-state index contributed by atoms with van der Waals surface area (Å²) in [6, 6.07) is 11.2. The molecule has 37 heavy (non-hydrogen) atoms. The average molecular weight is 561 g/mol. The van der Waals surface area contributed by atoms with Crippen molar-refractivity contribution in [3.05, 3.63) is 74.6 Å². The number of alkyl halides is 3. The van der Waals surface area contributed by atoms with Crippen molar-refractivity contribution < 1.29 is 27.9 Å². The van der Waals surface area contributed by atoms with Crippen molar-refractivity contribution in [3.8, 4) is 11.4 Å². The number of aliphatic hydroxyl groups is 1. The van der Waals surface area contributed by atoms with Gasteiger partial charge in [-0.3, -0.25) is 19.6 Å².